The normalized spacial score (nSPS) is 11.5. The van der Waals surface area contributed by atoms with E-state index in [1.165, 1.54) is 45.4 Å². The zero-order valence-electron chi connectivity index (χ0n) is 27.6. The van der Waals surface area contributed by atoms with E-state index in [4.69, 9.17) is 24.4 Å². The van der Waals surface area contributed by atoms with Gasteiger partial charge in [0.2, 0.25) is 17.7 Å². The second-order valence-electron chi connectivity index (χ2n) is 11.3. The third-order valence-corrected chi connectivity index (χ3v) is 6.94. The molecular weight excluding hydrogens is 602 g/mol. The summed E-state index contributed by atoms with van der Waals surface area (Å²) in [5.41, 5.74) is 0. The number of nitrogens with one attached hydrogen (secondary N) is 3. The van der Waals surface area contributed by atoms with Gasteiger partial charge in [-0.2, -0.15) is 0 Å². The minimum Gasteiger partial charge on any atom is -0.481 e. The number of carboxylic acid groups (broad SMARTS) is 2. The molecule has 0 saturated heterocycles. The molecule has 0 saturated carbocycles. The van der Waals surface area contributed by atoms with Gasteiger partial charge in [-0.3, -0.25) is 19.2 Å². The number of ether oxygens (including phenoxy) is 3. The highest BCUT2D eigenvalue weighted by atomic mass is 16.5. The molecule has 14 heteroatoms. The number of aliphatic carboxylic acids is 2. The van der Waals surface area contributed by atoms with E-state index in [2.05, 4.69) is 16.0 Å². The molecule has 46 heavy (non-hydrogen) atoms. The summed E-state index contributed by atoms with van der Waals surface area (Å²) in [6.45, 7) is 2.42. The molecule has 0 fully saturated rings. The molecule has 0 rings (SSSR count). The molecule has 14 nitrogen and oxygen atoms in total. The molecule has 0 aliphatic rings. The molecule has 1 atom stereocenters. The average Bonchev–Trinajstić information content (AvgIpc) is 2.99. The van der Waals surface area contributed by atoms with Crippen LogP contribution in [-0.4, -0.2) is 104 Å². The Morgan fingerprint density at radius 2 is 1.00 bits per heavy atom. The first-order chi connectivity index (χ1) is 22.1. The molecule has 0 aromatic heterocycles. The second-order valence-corrected chi connectivity index (χ2v) is 11.3. The largest absolute Gasteiger partial charge is 0.481 e. The van der Waals surface area contributed by atoms with E-state index in [9.17, 15) is 28.8 Å². The van der Waals surface area contributed by atoms with E-state index < -0.39 is 36.4 Å². The van der Waals surface area contributed by atoms with Gasteiger partial charge in [-0.15, -0.1) is 0 Å². The lowest BCUT2D eigenvalue weighted by Crippen LogP contribution is -2.43. The van der Waals surface area contributed by atoms with E-state index >= 15 is 0 Å². The summed E-state index contributed by atoms with van der Waals surface area (Å²) in [5, 5.41) is 25.4. The fourth-order valence-corrected chi connectivity index (χ4v) is 4.39. The van der Waals surface area contributed by atoms with E-state index in [0.29, 0.717) is 32.8 Å². The Morgan fingerprint density at radius 1 is 0.543 bits per heavy atom. The predicted molar refractivity (Wildman–Crippen MR) is 170 cm³/mol. The first-order valence-electron chi connectivity index (χ1n) is 16.6. The van der Waals surface area contributed by atoms with Gasteiger partial charge in [0.05, 0.1) is 26.4 Å². The molecule has 3 amide bonds. The van der Waals surface area contributed by atoms with Crippen LogP contribution in [0, 0.1) is 0 Å². The zero-order valence-corrected chi connectivity index (χ0v) is 27.6. The number of carboxylic acids is 2. The summed E-state index contributed by atoms with van der Waals surface area (Å²) in [5.74, 6) is -3.27. The third kappa shape index (κ3) is 30.9. The number of rotatable bonds is 33. The zero-order chi connectivity index (χ0) is 34.3. The van der Waals surface area contributed by atoms with Crippen molar-refractivity contribution in [3.63, 3.8) is 0 Å². The number of hydrogen-bond acceptors (Lipinski definition) is 9. The summed E-state index contributed by atoms with van der Waals surface area (Å²) >= 11 is 0. The number of hydrogen-bond donors (Lipinski definition) is 5. The van der Waals surface area contributed by atoms with Crippen molar-refractivity contribution in [2.75, 3.05) is 52.7 Å². The number of unbranched alkanes of at least 4 members (excludes halogenated alkanes) is 11. The average molecular weight is 660 g/mol. The highest BCUT2D eigenvalue weighted by Gasteiger charge is 2.20. The molecule has 0 bridgehead atoms. The minimum absolute atomic E-state index is 0.0237. The van der Waals surface area contributed by atoms with Gasteiger partial charge in [-0.25, -0.2) is 4.79 Å². The molecular formula is C32H57N3O11. The van der Waals surface area contributed by atoms with Gasteiger partial charge in [0.25, 0.3) is 0 Å². The molecule has 0 spiro atoms. The van der Waals surface area contributed by atoms with Crippen LogP contribution in [0.3, 0.4) is 0 Å². The van der Waals surface area contributed by atoms with Gasteiger partial charge < -0.3 is 45.2 Å². The van der Waals surface area contributed by atoms with E-state index in [1.54, 1.807) is 0 Å². The van der Waals surface area contributed by atoms with Crippen molar-refractivity contribution in [2.24, 2.45) is 0 Å². The molecule has 1 unspecified atom stereocenters. The number of ketones is 1. The number of carbonyl (C=O) groups is 6. The lowest BCUT2D eigenvalue weighted by Gasteiger charge is -2.13. The Bertz CT molecular complexity index is 870. The summed E-state index contributed by atoms with van der Waals surface area (Å²) in [6.07, 6.45) is 14.1. The van der Waals surface area contributed by atoms with Crippen molar-refractivity contribution < 1.29 is 53.2 Å². The van der Waals surface area contributed by atoms with Gasteiger partial charge in [0.1, 0.15) is 25.0 Å². The number of Topliss-reactive ketones (excluding diaryl/α,β-unsaturated/α-hetero) is 1. The second kappa shape index (κ2) is 30.5. The Balaban J connectivity index is 3.46. The first-order valence-corrected chi connectivity index (χ1v) is 16.6. The van der Waals surface area contributed by atoms with Crippen LogP contribution in [0.2, 0.25) is 0 Å². The summed E-state index contributed by atoms with van der Waals surface area (Å²) in [4.78, 5) is 68.1. The van der Waals surface area contributed by atoms with Crippen LogP contribution in [0.25, 0.3) is 0 Å². The number of amides is 3. The van der Waals surface area contributed by atoms with E-state index in [0.717, 1.165) is 38.5 Å². The Kier molecular flexibility index (Phi) is 28.5. The van der Waals surface area contributed by atoms with Crippen LogP contribution >= 0.6 is 0 Å². The van der Waals surface area contributed by atoms with Gasteiger partial charge in [0, 0.05) is 32.4 Å². The van der Waals surface area contributed by atoms with Crippen molar-refractivity contribution in [1.29, 1.82) is 0 Å². The van der Waals surface area contributed by atoms with Crippen molar-refractivity contribution in [2.45, 2.75) is 116 Å². The van der Waals surface area contributed by atoms with Crippen LogP contribution in [0.5, 0.6) is 0 Å². The van der Waals surface area contributed by atoms with Crippen LogP contribution in [0.1, 0.15) is 110 Å². The van der Waals surface area contributed by atoms with E-state index in [1.807, 2.05) is 0 Å². The van der Waals surface area contributed by atoms with Gasteiger partial charge >= 0.3 is 11.9 Å². The van der Waals surface area contributed by atoms with Crippen molar-refractivity contribution >= 4 is 35.4 Å². The molecule has 0 radical (unpaired) electrons. The maximum Gasteiger partial charge on any atom is 0.326 e. The maximum absolute atomic E-state index is 11.9. The predicted octanol–water partition coefficient (Wildman–Crippen LogP) is 2.75. The van der Waals surface area contributed by atoms with Crippen LogP contribution in [0.15, 0.2) is 0 Å². The molecule has 0 aliphatic heterocycles. The minimum atomic E-state index is -1.25. The van der Waals surface area contributed by atoms with Gasteiger partial charge in [-0.05, 0) is 26.2 Å². The van der Waals surface area contributed by atoms with Crippen LogP contribution < -0.4 is 16.0 Å². The monoisotopic (exact) mass is 659 g/mol. The third-order valence-electron chi connectivity index (χ3n) is 6.94. The highest BCUT2D eigenvalue weighted by Crippen LogP contribution is 2.13. The summed E-state index contributed by atoms with van der Waals surface area (Å²) < 4.78 is 15.8. The fourth-order valence-electron chi connectivity index (χ4n) is 4.39. The van der Waals surface area contributed by atoms with Gasteiger partial charge in [-0.1, -0.05) is 64.2 Å². The summed E-state index contributed by atoms with van der Waals surface area (Å²) in [6, 6.07) is -1.20. The fraction of sp³-hybridized carbons (Fsp3) is 0.812. The SMILES string of the molecule is CC(=O)CCC(NC(=O)COCC(=O)NCCOCCOCCNC(=O)CCCCCCCCCCCCCCC(=O)O)C(=O)O. The molecule has 0 aromatic rings. The van der Waals surface area contributed by atoms with Crippen molar-refractivity contribution in [3.05, 3.63) is 0 Å². The molecule has 0 aromatic carbocycles. The molecule has 0 heterocycles. The maximum atomic E-state index is 11.9. The standard InChI is InChI=1S/C32H57N3O11/c1-26(36)16-17-27(32(42)43)35-30(39)25-46-24-29(38)34-19-21-45-23-22-44-20-18-33-28(37)14-12-10-8-6-4-2-3-5-7-9-11-13-15-31(40)41/h27H,2-25H2,1H3,(H,33,37)(H,34,38)(H,35,39)(H,40,41)(H,42,43). The van der Waals surface area contributed by atoms with Crippen molar-refractivity contribution in [3.8, 4) is 0 Å². The molecule has 266 valence electrons. The Morgan fingerprint density at radius 3 is 1.48 bits per heavy atom. The topological polar surface area (TPSA) is 207 Å². The first kappa shape index (κ1) is 42.9. The molecule has 5 N–H and O–H groups in total. The molecule has 0 aliphatic carbocycles. The quantitative estimate of drug-likeness (QED) is 0.0648. The Labute approximate surface area is 273 Å². The van der Waals surface area contributed by atoms with E-state index in [-0.39, 0.29) is 50.7 Å². The Hall–Kier alpha value is -3.10. The lowest BCUT2D eigenvalue weighted by atomic mass is 10.0. The smallest absolute Gasteiger partial charge is 0.326 e. The number of carbonyl (C=O) groups excluding carboxylic acids is 4. The lowest BCUT2D eigenvalue weighted by molar-refractivity contribution is -0.143. The van der Waals surface area contributed by atoms with Crippen LogP contribution in [0.4, 0.5) is 0 Å². The van der Waals surface area contributed by atoms with Crippen LogP contribution in [-0.2, 0) is 43.0 Å². The summed E-state index contributed by atoms with van der Waals surface area (Å²) in [7, 11) is 0. The van der Waals surface area contributed by atoms with Crippen molar-refractivity contribution in [1.82, 2.24) is 16.0 Å². The highest BCUT2D eigenvalue weighted by molar-refractivity contribution is 5.85. The van der Waals surface area contributed by atoms with Gasteiger partial charge in [0.15, 0.2) is 0 Å².